The molecule has 0 heterocycles. The Kier molecular flexibility index (Phi) is 3.23. The largest absolute Gasteiger partial charge is 0.477 e. The summed E-state index contributed by atoms with van der Waals surface area (Å²) in [5, 5.41) is 17.5. The monoisotopic (exact) mass is 234 g/mol. The van der Waals surface area contributed by atoms with Crippen LogP contribution >= 0.6 is 0 Å². The molecule has 0 fully saturated rings. The van der Waals surface area contributed by atoms with E-state index in [2.05, 4.69) is 0 Å². The zero-order valence-electron chi connectivity index (χ0n) is 8.25. The molecule has 3 nitrogen and oxygen atoms in total. The molecule has 0 saturated carbocycles. The van der Waals surface area contributed by atoms with Crippen LogP contribution in [0.1, 0.15) is 17.2 Å². The van der Waals surface area contributed by atoms with Crippen LogP contribution in [0.15, 0.2) is 18.2 Å². The molecule has 1 rings (SSSR count). The summed E-state index contributed by atoms with van der Waals surface area (Å²) in [7, 11) is 0. The second-order valence-electron chi connectivity index (χ2n) is 3.33. The molecule has 2 N–H and O–H groups in total. The van der Waals surface area contributed by atoms with Gasteiger partial charge in [0.05, 0.1) is 0 Å². The molecule has 88 valence electrons. The lowest BCUT2D eigenvalue weighted by Crippen LogP contribution is -2.35. The van der Waals surface area contributed by atoms with Crippen LogP contribution in [0.2, 0.25) is 0 Å². The molecular weight excluding hydrogens is 225 g/mol. The van der Waals surface area contributed by atoms with E-state index in [0.717, 1.165) is 18.2 Å². The first kappa shape index (κ1) is 12.5. The Balaban J connectivity index is 3.14. The lowest BCUT2D eigenvalue weighted by Gasteiger charge is -2.20. The third-order valence-electron chi connectivity index (χ3n) is 2.15. The van der Waals surface area contributed by atoms with Crippen LogP contribution in [-0.4, -0.2) is 22.1 Å². The van der Waals surface area contributed by atoms with Gasteiger partial charge in [-0.25, -0.2) is 9.18 Å². The molecule has 0 aliphatic heterocycles. The molecule has 1 atom stereocenters. The van der Waals surface area contributed by atoms with Gasteiger partial charge in [0.15, 0.2) is 6.10 Å². The fourth-order valence-electron chi connectivity index (χ4n) is 1.26. The standard InChI is InChI=1S/C10H9F3O3/c1-5-4-6(11)2-3-7(5)8(14)10(12,13)9(15)16/h2-4,8,14H,1H3,(H,15,16). The number of carboxylic acid groups (broad SMARTS) is 1. The summed E-state index contributed by atoms with van der Waals surface area (Å²) in [6.07, 6.45) is -2.49. The first-order valence-electron chi connectivity index (χ1n) is 4.32. The molecule has 0 spiro atoms. The summed E-state index contributed by atoms with van der Waals surface area (Å²) in [6.45, 7) is 1.31. The van der Waals surface area contributed by atoms with Crippen LogP contribution in [0, 0.1) is 12.7 Å². The lowest BCUT2D eigenvalue weighted by atomic mass is 9.99. The van der Waals surface area contributed by atoms with E-state index < -0.39 is 23.8 Å². The molecular formula is C10H9F3O3. The SMILES string of the molecule is Cc1cc(F)ccc1C(O)C(F)(F)C(=O)O. The summed E-state index contributed by atoms with van der Waals surface area (Å²) in [6, 6.07) is 2.76. The van der Waals surface area contributed by atoms with Crippen LogP contribution in [-0.2, 0) is 4.79 Å². The van der Waals surface area contributed by atoms with Gasteiger partial charge in [-0.1, -0.05) is 6.07 Å². The Bertz CT molecular complexity index is 418. The summed E-state index contributed by atoms with van der Waals surface area (Å²) in [5.74, 6) is -7.38. The van der Waals surface area contributed by atoms with Crippen molar-refractivity contribution in [1.29, 1.82) is 0 Å². The van der Waals surface area contributed by atoms with E-state index in [0.29, 0.717) is 0 Å². The predicted molar refractivity (Wildman–Crippen MR) is 48.7 cm³/mol. The molecule has 0 amide bonds. The number of hydrogen-bond donors (Lipinski definition) is 2. The fourth-order valence-corrected chi connectivity index (χ4v) is 1.26. The van der Waals surface area contributed by atoms with Gasteiger partial charge < -0.3 is 10.2 Å². The number of aryl methyl sites for hydroxylation is 1. The molecule has 1 unspecified atom stereocenters. The second-order valence-corrected chi connectivity index (χ2v) is 3.33. The number of aliphatic hydroxyl groups is 1. The maximum absolute atomic E-state index is 13.0. The van der Waals surface area contributed by atoms with Gasteiger partial charge in [-0.05, 0) is 30.2 Å². The van der Waals surface area contributed by atoms with Gasteiger partial charge in [0.1, 0.15) is 5.82 Å². The Morgan fingerprint density at radius 2 is 2.00 bits per heavy atom. The number of alkyl halides is 2. The van der Waals surface area contributed by atoms with E-state index in [1.165, 1.54) is 6.92 Å². The zero-order chi connectivity index (χ0) is 12.5. The summed E-state index contributed by atoms with van der Waals surface area (Å²) in [4.78, 5) is 10.2. The first-order valence-corrected chi connectivity index (χ1v) is 4.32. The molecule has 0 aromatic heterocycles. The van der Waals surface area contributed by atoms with Crippen molar-refractivity contribution in [2.75, 3.05) is 0 Å². The number of rotatable bonds is 3. The van der Waals surface area contributed by atoms with E-state index in [1.54, 1.807) is 0 Å². The minimum absolute atomic E-state index is 0.0634. The van der Waals surface area contributed by atoms with Crippen molar-refractivity contribution in [2.45, 2.75) is 19.0 Å². The maximum atomic E-state index is 13.0. The van der Waals surface area contributed by atoms with Crippen LogP contribution in [0.25, 0.3) is 0 Å². The quantitative estimate of drug-likeness (QED) is 0.839. The van der Waals surface area contributed by atoms with Crippen LogP contribution in [0.3, 0.4) is 0 Å². The van der Waals surface area contributed by atoms with E-state index >= 15 is 0 Å². The highest BCUT2D eigenvalue weighted by atomic mass is 19.3. The number of halogens is 3. The van der Waals surface area contributed by atoms with Crippen molar-refractivity contribution >= 4 is 5.97 Å². The topological polar surface area (TPSA) is 57.5 Å². The number of aliphatic hydroxyl groups excluding tert-OH is 1. The molecule has 0 bridgehead atoms. The minimum Gasteiger partial charge on any atom is -0.477 e. The molecule has 0 aliphatic carbocycles. The minimum atomic E-state index is -4.30. The van der Waals surface area contributed by atoms with Crippen LogP contribution < -0.4 is 0 Å². The highest BCUT2D eigenvalue weighted by Gasteiger charge is 2.48. The van der Waals surface area contributed by atoms with E-state index in [1.807, 2.05) is 0 Å². The summed E-state index contributed by atoms with van der Waals surface area (Å²) < 4.78 is 38.6. The highest BCUT2D eigenvalue weighted by molar-refractivity contribution is 5.76. The Labute approximate surface area is 89.1 Å². The van der Waals surface area contributed by atoms with E-state index in [9.17, 15) is 23.1 Å². The second kappa shape index (κ2) is 4.13. The van der Waals surface area contributed by atoms with Crippen LogP contribution in [0.4, 0.5) is 13.2 Å². The van der Waals surface area contributed by atoms with Gasteiger partial charge in [-0.3, -0.25) is 0 Å². The molecule has 16 heavy (non-hydrogen) atoms. The Morgan fingerprint density at radius 3 is 2.44 bits per heavy atom. The van der Waals surface area contributed by atoms with E-state index in [4.69, 9.17) is 5.11 Å². The van der Waals surface area contributed by atoms with Gasteiger partial charge in [0.25, 0.3) is 0 Å². The number of hydrogen-bond acceptors (Lipinski definition) is 2. The van der Waals surface area contributed by atoms with E-state index in [-0.39, 0.29) is 11.1 Å². The Morgan fingerprint density at radius 1 is 1.44 bits per heavy atom. The van der Waals surface area contributed by atoms with Crippen molar-refractivity contribution in [3.63, 3.8) is 0 Å². The third kappa shape index (κ3) is 2.16. The number of carboxylic acids is 1. The van der Waals surface area contributed by atoms with Crippen molar-refractivity contribution in [3.05, 3.63) is 35.1 Å². The lowest BCUT2D eigenvalue weighted by molar-refractivity contribution is -0.182. The molecule has 0 aliphatic rings. The maximum Gasteiger partial charge on any atom is 0.377 e. The molecule has 6 heteroatoms. The van der Waals surface area contributed by atoms with Gasteiger partial charge in [0.2, 0.25) is 0 Å². The van der Waals surface area contributed by atoms with Gasteiger partial charge in [-0.15, -0.1) is 0 Å². The molecule has 0 radical (unpaired) electrons. The van der Waals surface area contributed by atoms with Crippen molar-refractivity contribution < 1.29 is 28.2 Å². The van der Waals surface area contributed by atoms with Crippen molar-refractivity contribution in [2.24, 2.45) is 0 Å². The average Bonchev–Trinajstić information content (AvgIpc) is 2.16. The zero-order valence-corrected chi connectivity index (χ0v) is 8.25. The highest BCUT2D eigenvalue weighted by Crippen LogP contribution is 2.33. The first-order chi connectivity index (χ1) is 7.26. The smallest absolute Gasteiger partial charge is 0.377 e. The fraction of sp³-hybridized carbons (Fsp3) is 0.300. The van der Waals surface area contributed by atoms with Crippen molar-refractivity contribution in [3.8, 4) is 0 Å². The number of benzene rings is 1. The molecule has 1 aromatic carbocycles. The van der Waals surface area contributed by atoms with Crippen molar-refractivity contribution in [1.82, 2.24) is 0 Å². The molecule has 0 saturated heterocycles. The predicted octanol–water partition coefficient (Wildman–Crippen LogP) is 1.89. The average molecular weight is 234 g/mol. The number of carbonyl (C=O) groups is 1. The number of aliphatic carboxylic acids is 1. The summed E-state index contributed by atoms with van der Waals surface area (Å²) in [5.41, 5.74) is -0.248. The normalized spacial score (nSPS) is 13.6. The van der Waals surface area contributed by atoms with Gasteiger partial charge >= 0.3 is 11.9 Å². The third-order valence-corrected chi connectivity index (χ3v) is 2.15. The van der Waals surface area contributed by atoms with Gasteiger partial charge in [-0.2, -0.15) is 8.78 Å². The van der Waals surface area contributed by atoms with Crippen LogP contribution in [0.5, 0.6) is 0 Å². The molecule has 1 aromatic rings. The Hall–Kier alpha value is -1.56. The summed E-state index contributed by atoms with van der Waals surface area (Å²) >= 11 is 0. The van der Waals surface area contributed by atoms with Gasteiger partial charge in [0, 0.05) is 0 Å².